The fourth-order valence-electron chi connectivity index (χ4n) is 2.21. The van der Waals surface area contributed by atoms with Gasteiger partial charge in [-0.1, -0.05) is 6.07 Å². The molecule has 1 fully saturated rings. The number of nitrogens with zero attached hydrogens (tertiary/aromatic N) is 2. The van der Waals surface area contributed by atoms with E-state index in [4.69, 9.17) is 5.73 Å². The maximum atomic E-state index is 12.5. The van der Waals surface area contributed by atoms with Crippen molar-refractivity contribution in [3.8, 4) is 0 Å². The molecule has 0 amide bonds. The number of nitrogen functional groups attached to an aromatic ring is 1. The fraction of sp³-hybridized carbons (Fsp3) is 0.583. The summed E-state index contributed by atoms with van der Waals surface area (Å²) in [5.74, 6) is -0.687. The molecule has 2 N–H and O–H groups in total. The van der Waals surface area contributed by atoms with Gasteiger partial charge in [-0.05, 0) is 37.6 Å². The number of likely N-dealkylation sites (tertiary alicyclic amines) is 1. The second-order valence-electron chi connectivity index (χ2n) is 4.68. The highest BCUT2D eigenvalue weighted by Crippen LogP contribution is 2.34. The second kappa shape index (κ2) is 5.14. The molecule has 1 aliphatic heterocycles. The number of pyridine rings is 1. The Morgan fingerprint density at radius 1 is 1.28 bits per heavy atom. The molecule has 0 aromatic carbocycles. The van der Waals surface area contributed by atoms with E-state index in [9.17, 15) is 13.2 Å². The van der Waals surface area contributed by atoms with E-state index in [1.807, 2.05) is 11.0 Å². The van der Waals surface area contributed by atoms with Crippen LogP contribution in [0.2, 0.25) is 0 Å². The first kappa shape index (κ1) is 13.1. The Hall–Kier alpha value is -1.30. The van der Waals surface area contributed by atoms with Gasteiger partial charge in [-0.2, -0.15) is 13.2 Å². The molecule has 6 heteroatoms. The van der Waals surface area contributed by atoms with E-state index >= 15 is 0 Å². The van der Waals surface area contributed by atoms with E-state index in [2.05, 4.69) is 4.98 Å². The molecule has 1 aromatic heterocycles. The van der Waals surface area contributed by atoms with Crippen LogP contribution in [0.15, 0.2) is 18.3 Å². The predicted molar refractivity (Wildman–Crippen MR) is 62.7 cm³/mol. The predicted octanol–water partition coefficient (Wildman–Crippen LogP) is 2.44. The molecule has 100 valence electrons. The summed E-state index contributed by atoms with van der Waals surface area (Å²) in [6, 6.07) is 3.57. The third-order valence-corrected chi connectivity index (χ3v) is 3.30. The van der Waals surface area contributed by atoms with Crippen LogP contribution in [0, 0.1) is 5.92 Å². The molecule has 18 heavy (non-hydrogen) atoms. The number of aromatic nitrogens is 1. The number of hydrogen-bond donors (Lipinski definition) is 1. The third-order valence-electron chi connectivity index (χ3n) is 3.30. The van der Waals surface area contributed by atoms with Crippen LogP contribution in [0.1, 0.15) is 18.4 Å². The monoisotopic (exact) mass is 259 g/mol. The average molecular weight is 259 g/mol. The van der Waals surface area contributed by atoms with Gasteiger partial charge in [0.15, 0.2) is 0 Å². The Morgan fingerprint density at radius 2 is 1.94 bits per heavy atom. The molecule has 2 rings (SSSR count). The van der Waals surface area contributed by atoms with Crippen molar-refractivity contribution in [2.24, 2.45) is 5.92 Å². The van der Waals surface area contributed by atoms with Crippen LogP contribution in [0.5, 0.6) is 0 Å². The zero-order valence-electron chi connectivity index (χ0n) is 9.95. The van der Waals surface area contributed by atoms with Crippen molar-refractivity contribution in [3.05, 3.63) is 23.9 Å². The van der Waals surface area contributed by atoms with Crippen molar-refractivity contribution in [1.29, 1.82) is 0 Å². The van der Waals surface area contributed by atoms with Crippen molar-refractivity contribution in [2.75, 3.05) is 18.8 Å². The van der Waals surface area contributed by atoms with Crippen LogP contribution in [-0.4, -0.2) is 29.1 Å². The molecular weight excluding hydrogens is 243 g/mol. The largest absolute Gasteiger partial charge is 0.391 e. The molecule has 1 saturated heterocycles. The minimum atomic E-state index is -4.05. The van der Waals surface area contributed by atoms with Crippen LogP contribution in [0.4, 0.5) is 19.0 Å². The van der Waals surface area contributed by atoms with Gasteiger partial charge in [0.25, 0.3) is 0 Å². The van der Waals surface area contributed by atoms with Crippen molar-refractivity contribution >= 4 is 5.82 Å². The number of alkyl halides is 3. The number of nitrogens with two attached hydrogens (primary N) is 1. The van der Waals surface area contributed by atoms with Gasteiger partial charge < -0.3 is 5.73 Å². The van der Waals surface area contributed by atoms with Crippen LogP contribution >= 0.6 is 0 Å². The summed E-state index contributed by atoms with van der Waals surface area (Å²) in [5.41, 5.74) is 6.46. The van der Waals surface area contributed by atoms with Crippen molar-refractivity contribution in [1.82, 2.24) is 9.88 Å². The summed E-state index contributed by atoms with van der Waals surface area (Å²) in [6.07, 6.45) is -2.00. The summed E-state index contributed by atoms with van der Waals surface area (Å²) in [7, 11) is 0. The van der Waals surface area contributed by atoms with E-state index in [0.717, 1.165) is 5.56 Å². The topological polar surface area (TPSA) is 42.1 Å². The zero-order valence-corrected chi connectivity index (χ0v) is 9.95. The molecule has 0 saturated carbocycles. The first-order valence-electron chi connectivity index (χ1n) is 5.94. The van der Waals surface area contributed by atoms with Crippen molar-refractivity contribution in [3.63, 3.8) is 0 Å². The first-order valence-corrected chi connectivity index (χ1v) is 5.94. The number of piperidine rings is 1. The number of rotatable bonds is 2. The van der Waals surface area contributed by atoms with Gasteiger partial charge in [-0.3, -0.25) is 4.90 Å². The second-order valence-corrected chi connectivity index (χ2v) is 4.68. The molecule has 3 nitrogen and oxygen atoms in total. The molecule has 1 aromatic rings. The van der Waals surface area contributed by atoms with E-state index < -0.39 is 12.1 Å². The van der Waals surface area contributed by atoms with Gasteiger partial charge in [0, 0.05) is 12.7 Å². The Morgan fingerprint density at radius 3 is 2.44 bits per heavy atom. The Kier molecular flexibility index (Phi) is 3.75. The molecule has 0 unspecified atom stereocenters. The highest BCUT2D eigenvalue weighted by atomic mass is 19.4. The molecular formula is C12H16F3N3. The van der Waals surface area contributed by atoms with Gasteiger partial charge >= 0.3 is 6.18 Å². The lowest BCUT2D eigenvalue weighted by molar-refractivity contribution is -0.185. The lowest BCUT2D eigenvalue weighted by Gasteiger charge is -2.32. The summed E-state index contributed by atoms with van der Waals surface area (Å²) in [4.78, 5) is 5.99. The third kappa shape index (κ3) is 3.35. The van der Waals surface area contributed by atoms with Crippen LogP contribution < -0.4 is 5.73 Å². The zero-order chi connectivity index (χ0) is 13.2. The Labute approximate surface area is 104 Å². The maximum Gasteiger partial charge on any atom is 0.391 e. The molecule has 0 aliphatic carbocycles. The van der Waals surface area contributed by atoms with Gasteiger partial charge in [0.1, 0.15) is 5.82 Å². The van der Waals surface area contributed by atoms with Crippen molar-refractivity contribution in [2.45, 2.75) is 25.6 Å². The Balaban J connectivity index is 1.85. The van der Waals surface area contributed by atoms with Crippen LogP contribution in [0.3, 0.4) is 0 Å². The van der Waals surface area contributed by atoms with E-state index in [0.29, 0.717) is 25.5 Å². The average Bonchev–Trinajstić information content (AvgIpc) is 2.32. The van der Waals surface area contributed by atoms with Gasteiger partial charge in [0.2, 0.25) is 0 Å². The normalized spacial score (nSPS) is 19.1. The smallest absolute Gasteiger partial charge is 0.384 e. The van der Waals surface area contributed by atoms with E-state index in [1.165, 1.54) is 0 Å². The molecule has 1 aliphatic rings. The van der Waals surface area contributed by atoms with Gasteiger partial charge in [0.05, 0.1) is 5.92 Å². The van der Waals surface area contributed by atoms with Gasteiger partial charge in [-0.25, -0.2) is 4.98 Å². The van der Waals surface area contributed by atoms with Crippen LogP contribution in [0.25, 0.3) is 0 Å². The van der Waals surface area contributed by atoms with Crippen molar-refractivity contribution < 1.29 is 13.2 Å². The highest BCUT2D eigenvalue weighted by Gasteiger charge is 2.40. The van der Waals surface area contributed by atoms with E-state index in [-0.39, 0.29) is 12.8 Å². The Bertz CT molecular complexity index is 381. The summed E-state index contributed by atoms with van der Waals surface area (Å²) in [6.45, 7) is 1.60. The molecule has 0 atom stereocenters. The lowest BCUT2D eigenvalue weighted by atomic mass is 9.96. The molecule has 0 spiro atoms. The van der Waals surface area contributed by atoms with Crippen LogP contribution in [-0.2, 0) is 6.54 Å². The lowest BCUT2D eigenvalue weighted by Crippen LogP contribution is -2.38. The number of halogens is 3. The summed E-state index contributed by atoms with van der Waals surface area (Å²) in [5, 5.41) is 0. The fourth-order valence-corrected chi connectivity index (χ4v) is 2.21. The number of anilines is 1. The van der Waals surface area contributed by atoms with Gasteiger partial charge in [-0.15, -0.1) is 0 Å². The molecule has 2 heterocycles. The SMILES string of the molecule is Nc1ccc(CN2CCC(C(F)(F)F)CC2)cn1. The van der Waals surface area contributed by atoms with E-state index in [1.54, 1.807) is 12.3 Å². The summed E-state index contributed by atoms with van der Waals surface area (Å²) < 4.78 is 37.5. The molecule has 0 bridgehead atoms. The minimum absolute atomic E-state index is 0.186. The number of hydrogen-bond acceptors (Lipinski definition) is 3. The summed E-state index contributed by atoms with van der Waals surface area (Å²) >= 11 is 0. The standard InChI is InChI=1S/C12H16F3N3/c13-12(14,15)10-3-5-18(6-4-10)8-9-1-2-11(16)17-7-9/h1-2,7,10H,3-6,8H2,(H2,16,17). The highest BCUT2D eigenvalue weighted by molar-refractivity contribution is 5.29. The first-order chi connectivity index (χ1) is 8.45. The minimum Gasteiger partial charge on any atom is -0.384 e. The maximum absolute atomic E-state index is 12.5. The molecule has 0 radical (unpaired) electrons. The quantitative estimate of drug-likeness (QED) is 0.887.